The van der Waals surface area contributed by atoms with Crippen LogP contribution in [0.2, 0.25) is 0 Å². The average Bonchev–Trinajstić information content (AvgIpc) is 3.04. The number of nitrogens with zero attached hydrogens (tertiary/aromatic N) is 1. The fraction of sp³-hybridized carbons (Fsp3) is 0.412. The second-order valence-electron chi connectivity index (χ2n) is 5.72. The van der Waals surface area contributed by atoms with Gasteiger partial charge in [-0.25, -0.2) is 8.78 Å². The van der Waals surface area contributed by atoms with Crippen LogP contribution in [0.3, 0.4) is 0 Å². The predicted octanol–water partition coefficient (Wildman–Crippen LogP) is 2.49. The molecule has 0 bridgehead atoms. The van der Waals surface area contributed by atoms with Crippen LogP contribution >= 0.6 is 0 Å². The summed E-state index contributed by atoms with van der Waals surface area (Å²) in [5.41, 5.74) is 0.838. The molecule has 1 aliphatic heterocycles. The highest BCUT2D eigenvalue weighted by Crippen LogP contribution is 2.24. The predicted molar refractivity (Wildman–Crippen MR) is 79.7 cm³/mol. The quantitative estimate of drug-likeness (QED) is 0.887. The van der Waals surface area contributed by atoms with Crippen molar-refractivity contribution in [2.24, 2.45) is 0 Å². The topological polar surface area (TPSA) is 45.8 Å². The van der Waals surface area contributed by atoms with Gasteiger partial charge >= 0.3 is 0 Å². The highest BCUT2D eigenvalue weighted by Gasteiger charge is 2.23. The van der Waals surface area contributed by atoms with E-state index < -0.39 is 11.9 Å². The van der Waals surface area contributed by atoms with Gasteiger partial charge in [0, 0.05) is 25.2 Å². The Hall–Kier alpha value is -1.76. The van der Waals surface area contributed by atoms with E-state index in [1.54, 1.807) is 18.4 Å². The summed E-state index contributed by atoms with van der Waals surface area (Å²) in [6, 6.07) is 5.89. The Morgan fingerprint density at radius 2 is 2.00 bits per heavy atom. The van der Waals surface area contributed by atoms with Crippen LogP contribution in [-0.4, -0.2) is 35.8 Å². The third-order valence-electron chi connectivity index (χ3n) is 3.98. The molecule has 0 aliphatic carbocycles. The summed E-state index contributed by atoms with van der Waals surface area (Å²) in [7, 11) is 0. The standard InChI is InChI=1S/C17H19F2NO3/c18-16-3-4-17(19)15-9-20(6-5-14(15)16)8-12(21)10-22-11-13-2-1-7-23-13/h1-4,7,12,21H,5-6,8-11H2. The molecule has 0 amide bonds. The molecule has 0 radical (unpaired) electrons. The van der Waals surface area contributed by atoms with Gasteiger partial charge in [0.25, 0.3) is 0 Å². The number of furan rings is 1. The molecule has 6 heteroatoms. The molecular formula is C17H19F2NO3. The molecule has 1 aliphatic rings. The van der Waals surface area contributed by atoms with Crippen LogP contribution in [0.25, 0.3) is 0 Å². The van der Waals surface area contributed by atoms with Crippen molar-refractivity contribution in [3.05, 3.63) is 59.1 Å². The first-order valence-corrected chi connectivity index (χ1v) is 7.60. The van der Waals surface area contributed by atoms with Crippen molar-refractivity contribution in [2.75, 3.05) is 19.7 Å². The summed E-state index contributed by atoms with van der Waals surface area (Å²) in [5, 5.41) is 10.0. The molecule has 3 rings (SSSR count). The Morgan fingerprint density at radius 3 is 2.74 bits per heavy atom. The van der Waals surface area contributed by atoms with Crippen LogP contribution in [0.5, 0.6) is 0 Å². The van der Waals surface area contributed by atoms with Crippen LogP contribution in [0.15, 0.2) is 34.9 Å². The Balaban J connectivity index is 1.50. The van der Waals surface area contributed by atoms with E-state index in [0.717, 1.165) is 6.07 Å². The molecular weight excluding hydrogens is 304 g/mol. The van der Waals surface area contributed by atoms with Crippen LogP contribution in [0, 0.1) is 11.6 Å². The lowest BCUT2D eigenvalue weighted by molar-refractivity contribution is 0.00285. The molecule has 23 heavy (non-hydrogen) atoms. The van der Waals surface area contributed by atoms with Gasteiger partial charge in [0.2, 0.25) is 0 Å². The van der Waals surface area contributed by atoms with Gasteiger partial charge in [0.15, 0.2) is 0 Å². The summed E-state index contributed by atoms with van der Waals surface area (Å²) >= 11 is 0. The molecule has 2 aromatic rings. The molecule has 0 fully saturated rings. The first-order valence-electron chi connectivity index (χ1n) is 7.60. The number of hydrogen-bond acceptors (Lipinski definition) is 4. The van der Waals surface area contributed by atoms with Crippen molar-refractivity contribution in [2.45, 2.75) is 25.7 Å². The molecule has 124 valence electrons. The Labute approximate surface area is 133 Å². The molecule has 1 unspecified atom stereocenters. The van der Waals surface area contributed by atoms with Crippen molar-refractivity contribution in [1.82, 2.24) is 4.90 Å². The van der Waals surface area contributed by atoms with Crippen LogP contribution < -0.4 is 0 Å². The highest BCUT2D eigenvalue weighted by molar-refractivity contribution is 5.32. The number of hydrogen-bond donors (Lipinski definition) is 1. The van der Waals surface area contributed by atoms with Crippen molar-refractivity contribution in [1.29, 1.82) is 0 Å². The lowest BCUT2D eigenvalue weighted by Gasteiger charge is -2.30. The molecule has 0 saturated heterocycles. The molecule has 0 spiro atoms. The van der Waals surface area contributed by atoms with E-state index in [1.807, 2.05) is 4.90 Å². The molecule has 4 nitrogen and oxygen atoms in total. The zero-order valence-electron chi connectivity index (χ0n) is 12.7. The van der Waals surface area contributed by atoms with Gasteiger partial charge in [-0.2, -0.15) is 0 Å². The van der Waals surface area contributed by atoms with Crippen LogP contribution in [-0.2, 0) is 24.3 Å². The molecule has 1 N–H and O–H groups in total. The number of benzene rings is 1. The number of β-amino-alcohol motifs (C(OH)–C–C–N with tert-alkyl or cyclic N) is 1. The van der Waals surface area contributed by atoms with Gasteiger partial charge in [0.05, 0.1) is 19.0 Å². The summed E-state index contributed by atoms with van der Waals surface area (Å²) in [6.45, 7) is 1.70. The lowest BCUT2D eigenvalue weighted by atomic mass is 9.98. The Kier molecular flexibility index (Phi) is 5.05. The van der Waals surface area contributed by atoms with E-state index in [9.17, 15) is 13.9 Å². The van der Waals surface area contributed by atoms with Gasteiger partial charge in [-0.05, 0) is 36.2 Å². The highest BCUT2D eigenvalue weighted by atomic mass is 19.1. The number of aliphatic hydroxyl groups excluding tert-OH is 1. The molecule has 0 saturated carbocycles. The zero-order chi connectivity index (χ0) is 16.2. The molecule has 1 aromatic carbocycles. The van der Waals surface area contributed by atoms with E-state index >= 15 is 0 Å². The van der Waals surface area contributed by atoms with Crippen molar-refractivity contribution in [3.63, 3.8) is 0 Å². The number of aliphatic hydroxyl groups is 1. The van der Waals surface area contributed by atoms with Gasteiger partial charge in [-0.1, -0.05) is 0 Å². The Bertz CT molecular complexity index is 646. The second kappa shape index (κ2) is 7.21. The minimum absolute atomic E-state index is 0.162. The number of fused-ring (bicyclic) bond motifs is 1. The van der Waals surface area contributed by atoms with Gasteiger partial charge in [-0.15, -0.1) is 0 Å². The fourth-order valence-corrected chi connectivity index (χ4v) is 2.85. The normalized spacial score (nSPS) is 16.3. The van der Waals surface area contributed by atoms with Gasteiger partial charge in [-0.3, -0.25) is 4.90 Å². The third-order valence-corrected chi connectivity index (χ3v) is 3.98. The maximum absolute atomic E-state index is 13.8. The van der Waals surface area contributed by atoms with Crippen LogP contribution in [0.1, 0.15) is 16.9 Å². The minimum Gasteiger partial charge on any atom is -0.467 e. The van der Waals surface area contributed by atoms with Crippen LogP contribution in [0.4, 0.5) is 8.78 Å². The maximum Gasteiger partial charge on any atom is 0.129 e. The SMILES string of the molecule is OC(COCc1ccco1)CN1CCc2c(F)ccc(F)c2C1. The van der Waals surface area contributed by atoms with Crippen molar-refractivity contribution < 1.29 is 23.0 Å². The number of halogens is 2. The molecule has 1 atom stereocenters. The second-order valence-corrected chi connectivity index (χ2v) is 5.72. The maximum atomic E-state index is 13.8. The van der Waals surface area contributed by atoms with E-state index in [1.165, 1.54) is 6.07 Å². The average molecular weight is 323 g/mol. The minimum atomic E-state index is -0.692. The lowest BCUT2D eigenvalue weighted by Crippen LogP contribution is -2.39. The van der Waals surface area contributed by atoms with Crippen molar-refractivity contribution in [3.8, 4) is 0 Å². The van der Waals surface area contributed by atoms with E-state index in [0.29, 0.717) is 49.5 Å². The fourth-order valence-electron chi connectivity index (χ4n) is 2.85. The number of rotatable bonds is 6. The monoisotopic (exact) mass is 323 g/mol. The largest absolute Gasteiger partial charge is 0.467 e. The summed E-state index contributed by atoms with van der Waals surface area (Å²) in [4.78, 5) is 1.91. The van der Waals surface area contributed by atoms with Gasteiger partial charge < -0.3 is 14.3 Å². The zero-order valence-corrected chi connectivity index (χ0v) is 12.7. The molecule has 2 heterocycles. The van der Waals surface area contributed by atoms with Gasteiger partial charge in [0.1, 0.15) is 24.0 Å². The Morgan fingerprint density at radius 1 is 1.22 bits per heavy atom. The first kappa shape index (κ1) is 16.1. The summed E-state index contributed by atoms with van der Waals surface area (Å²) in [5.74, 6) is -0.0558. The van der Waals surface area contributed by atoms with E-state index in [2.05, 4.69) is 0 Å². The smallest absolute Gasteiger partial charge is 0.129 e. The first-order chi connectivity index (χ1) is 11.1. The van der Waals surface area contributed by atoms with E-state index in [4.69, 9.17) is 9.15 Å². The molecule has 1 aromatic heterocycles. The summed E-state index contributed by atoms with van der Waals surface area (Å²) < 4.78 is 38.0. The van der Waals surface area contributed by atoms with E-state index in [-0.39, 0.29) is 12.4 Å². The summed E-state index contributed by atoms with van der Waals surface area (Å²) in [6.07, 6.45) is 1.32. The number of ether oxygens (including phenoxy) is 1. The van der Waals surface area contributed by atoms with Crippen molar-refractivity contribution >= 4 is 0 Å². The third kappa shape index (κ3) is 3.96.